The molecule has 0 aromatic carbocycles. The summed E-state index contributed by atoms with van der Waals surface area (Å²) < 4.78 is 6.54. The van der Waals surface area contributed by atoms with Crippen molar-refractivity contribution in [3.8, 4) is 5.88 Å². The minimum atomic E-state index is 0.353. The molecular formula is C9H11BrN2O. The van der Waals surface area contributed by atoms with Crippen LogP contribution in [-0.4, -0.2) is 16.1 Å². The fourth-order valence-corrected chi connectivity index (χ4v) is 1.87. The third kappa shape index (κ3) is 2.18. The molecule has 1 aromatic rings. The first kappa shape index (κ1) is 8.94. The van der Waals surface area contributed by atoms with Gasteiger partial charge in [-0.3, -0.25) is 0 Å². The molecule has 0 saturated heterocycles. The maximum absolute atomic E-state index is 5.71. The van der Waals surface area contributed by atoms with Gasteiger partial charge >= 0.3 is 0 Å². The Morgan fingerprint density at radius 2 is 2.15 bits per heavy atom. The number of hydrogen-bond acceptors (Lipinski definition) is 3. The van der Waals surface area contributed by atoms with E-state index >= 15 is 0 Å². The zero-order valence-corrected chi connectivity index (χ0v) is 8.83. The zero-order valence-electron chi connectivity index (χ0n) is 7.24. The van der Waals surface area contributed by atoms with E-state index in [9.17, 15) is 0 Å². The summed E-state index contributed by atoms with van der Waals surface area (Å²) in [7, 11) is 0. The molecule has 0 radical (unpaired) electrons. The maximum Gasteiger partial charge on any atom is 0.231 e. The molecule has 1 saturated carbocycles. The first-order valence-electron chi connectivity index (χ1n) is 4.48. The molecule has 2 rings (SSSR count). The van der Waals surface area contributed by atoms with Gasteiger partial charge in [-0.15, -0.1) is 0 Å². The Hall–Kier alpha value is -0.640. The summed E-state index contributed by atoms with van der Waals surface area (Å²) in [5.41, 5.74) is 0. The van der Waals surface area contributed by atoms with Crippen LogP contribution in [0.3, 0.4) is 0 Å². The predicted molar refractivity (Wildman–Crippen MR) is 52.6 cm³/mol. The second-order valence-electron chi connectivity index (χ2n) is 3.20. The molecule has 0 unspecified atom stereocenters. The molecule has 0 N–H and O–H groups in total. The lowest BCUT2D eigenvalue weighted by Crippen LogP contribution is -2.12. The van der Waals surface area contributed by atoms with E-state index in [4.69, 9.17) is 4.74 Å². The minimum Gasteiger partial charge on any atom is -0.473 e. The van der Waals surface area contributed by atoms with Gasteiger partial charge in [-0.2, -0.15) is 0 Å². The summed E-state index contributed by atoms with van der Waals surface area (Å²) in [4.78, 5) is 7.94. The monoisotopic (exact) mass is 242 g/mol. The van der Waals surface area contributed by atoms with Gasteiger partial charge in [0.2, 0.25) is 5.88 Å². The van der Waals surface area contributed by atoms with Gasteiger partial charge in [-0.05, 0) is 41.6 Å². The lowest BCUT2D eigenvalue weighted by Gasteiger charge is -2.12. The Balaban J connectivity index is 2.04. The van der Waals surface area contributed by atoms with Gasteiger partial charge in [0.25, 0.3) is 0 Å². The van der Waals surface area contributed by atoms with Crippen LogP contribution in [0.4, 0.5) is 0 Å². The first-order valence-corrected chi connectivity index (χ1v) is 5.28. The van der Waals surface area contributed by atoms with E-state index in [1.54, 1.807) is 6.20 Å². The number of nitrogens with zero attached hydrogens (tertiary/aromatic N) is 2. The van der Waals surface area contributed by atoms with Crippen LogP contribution in [0.2, 0.25) is 0 Å². The highest BCUT2D eigenvalue weighted by Crippen LogP contribution is 2.26. The third-order valence-corrected chi connectivity index (χ3v) is 2.76. The van der Waals surface area contributed by atoms with E-state index in [-0.39, 0.29) is 0 Å². The molecule has 0 amide bonds. The van der Waals surface area contributed by atoms with E-state index in [0.29, 0.717) is 12.0 Å². The fourth-order valence-electron chi connectivity index (χ4n) is 1.55. The highest BCUT2D eigenvalue weighted by atomic mass is 79.9. The molecule has 0 aliphatic heterocycles. The van der Waals surface area contributed by atoms with E-state index in [1.165, 1.54) is 19.2 Å². The van der Waals surface area contributed by atoms with Crippen LogP contribution in [-0.2, 0) is 0 Å². The lowest BCUT2D eigenvalue weighted by atomic mass is 10.3. The van der Waals surface area contributed by atoms with Gasteiger partial charge < -0.3 is 4.74 Å². The van der Waals surface area contributed by atoms with E-state index < -0.39 is 0 Å². The zero-order chi connectivity index (χ0) is 9.10. The van der Waals surface area contributed by atoms with Gasteiger partial charge in [-0.1, -0.05) is 0 Å². The molecule has 0 bridgehead atoms. The highest BCUT2D eigenvalue weighted by Gasteiger charge is 2.17. The normalized spacial score (nSPS) is 17.6. The number of aromatic nitrogens is 2. The van der Waals surface area contributed by atoms with Crippen LogP contribution < -0.4 is 4.74 Å². The summed E-state index contributed by atoms with van der Waals surface area (Å²) in [6, 6.07) is 0. The van der Waals surface area contributed by atoms with Crippen molar-refractivity contribution in [2.45, 2.75) is 31.8 Å². The summed E-state index contributed by atoms with van der Waals surface area (Å²) in [6.45, 7) is 0. The minimum absolute atomic E-state index is 0.353. The van der Waals surface area contributed by atoms with Crippen molar-refractivity contribution in [2.24, 2.45) is 0 Å². The quantitative estimate of drug-likeness (QED) is 0.800. The first-order chi connectivity index (χ1) is 6.36. The van der Waals surface area contributed by atoms with Crippen molar-refractivity contribution in [2.75, 3.05) is 0 Å². The SMILES string of the molecule is Brc1cncnc1OC1CCCC1. The lowest BCUT2D eigenvalue weighted by molar-refractivity contribution is 0.199. The molecule has 1 aliphatic carbocycles. The smallest absolute Gasteiger partial charge is 0.231 e. The largest absolute Gasteiger partial charge is 0.473 e. The van der Waals surface area contributed by atoms with Crippen LogP contribution in [0.25, 0.3) is 0 Å². The Morgan fingerprint density at radius 1 is 1.38 bits per heavy atom. The molecule has 1 aliphatic rings. The second-order valence-corrected chi connectivity index (χ2v) is 4.05. The molecule has 13 heavy (non-hydrogen) atoms. The van der Waals surface area contributed by atoms with Gasteiger partial charge in [0, 0.05) is 6.20 Å². The fraction of sp³-hybridized carbons (Fsp3) is 0.556. The average Bonchev–Trinajstić information content (AvgIpc) is 2.61. The predicted octanol–water partition coefficient (Wildman–Crippen LogP) is 2.56. The highest BCUT2D eigenvalue weighted by molar-refractivity contribution is 9.10. The van der Waals surface area contributed by atoms with E-state index in [0.717, 1.165) is 17.3 Å². The Morgan fingerprint density at radius 3 is 2.85 bits per heavy atom. The van der Waals surface area contributed by atoms with Crippen LogP contribution >= 0.6 is 15.9 Å². The molecule has 1 fully saturated rings. The Labute approximate surface area is 85.7 Å². The van der Waals surface area contributed by atoms with Gasteiger partial charge in [0.05, 0.1) is 4.47 Å². The summed E-state index contributed by atoms with van der Waals surface area (Å²) >= 11 is 3.35. The number of rotatable bonds is 2. The molecule has 4 heteroatoms. The van der Waals surface area contributed by atoms with Crippen LogP contribution in [0.15, 0.2) is 17.0 Å². The molecule has 0 atom stereocenters. The van der Waals surface area contributed by atoms with Crippen molar-refractivity contribution >= 4 is 15.9 Å². The average molecular weight is 243 g/mol. The summed E-state index contributed by atoms with van der Waals surface area (Å²) in [5, 5.41) is 0. The van der Waals surface area contributed by atoms with E-state index in [2.05, 4.69) is 25.9 Å². The number of hydrogen-bond donors (Lipinski definition) is 0. The molecule has 70 valence electrons. The molecule has 1 heterocycles. The third-order valence-electron chi connectivity index (χ3n) is 2.21. The van der Waals surface area contributed by atoms with Crippen molar-refractivity contribution in [3.63, 3.8) is 0 Å². The Bertz CT molecular complexity index is 287. The summed E-state index contributed by atoms with van der Waals surface area (Å²) in [5.74, 6) is 0.668. The van der Waals surface area contributed by atoms with Crippen LogP contribution in [0.1, 0.15) is 25.7 Å². The molecule has 1 aromatic heterocycles. The van der Waals surface area contributed by atoms with Crippen molar-refractivity contribution in [1.82, 2.24) is 9.97 Å². The van der Waals surface area contributed by atoms with Crippen molar-refractivity contribution in [3.05, 3.63) is 17.0 Å². The second kappa shape index (κ2) is 4.05. The maximum atomic E-state index is 5.71. The molecule has 3 nitrogen and oxygen atoms in total. The van der Waals surface area contributed by atoms with Gasteiger partial charge in [0.1, 0.15) is 12.4 Å². The van der Waals surface area contributed by atoms with Crippen molar-refractivity contribution < 1.29 is 4.74 Å². The van der Waals surface area contributed by atoms with Crippen LogP contribution in [0, 0.1) is 0 Å². The molecule has 0 spiro atoms. The topological polar surface area (TPSA) is 35.0 Å². The van der Waals surface area contributed by atoms with Crippen LogP contribution in [0.5, 0.6) is 5.88 Å². The number of ether oxygens (including phenoxy) is 1. The molecular weight excluding hydrogens is 232 g/mol. The standard InChI is InChI=1S/C9H11BrN2O/c10-8-5-11-6-12-9(8)13-7-3-1-2-4-7/h5-7H,1-4H2. The summed E-state index contributed by atoms with van der Waals surface area (Å²) in [6.07, 6.45) is 8.41. The Kier molecular flexibility index (Phi) is 2.78. The van der Waals surface area contributed by atoms with Crippen molar-refractivity contribution in [1.29, 1.82) is 0 Å². The van der Waals surface area contributed by atoms with Gasteiger partial charge in [-0.25, -0.2) is 9.97 Å². The van der Waals surface area contributed by atoms with E-state index in [1.807, 2.05) is 0 Å². The van der Waals surface area contributed by atoms with Gasteiger partial charge in [0.15, 0.2) is 0 Å². The number of halogens is 1.